The highest BCUT2D eigenvalue weighted by atomic mass is 35.5. The third-order valence-electron chi connectivity index (χ3n) is 3.50. The van der Waals surface area contributed by atoms with Gasteiger partial charge >= 0.3 is 0 Å². The van der Waals surface area contributed by atoms with E-state index in [1.165, 1.54) is 0 Å². The van der Waals surface area contributed by atoms with Crippen molar-refractivity contribution in [1.82, 2.24) is 0 Å². The van der Waals surface area contributed by atoms with Crippen molar-refractivity contribution in [2.75, 3.05) is 11.9 Å². The lowest BCUT2D eigenvalue weighted by Gasteiger charge is -2.34. The summed E-state index contributed by atoms with van der Waals surface area (Å²) in [6, 6.07) is 17.7. The Hall–Kier alpha value is -1.51. The third-order valence-corrected chi connectivity index (χ3v) is 3.75. The molecule has 0 saturated heterocycles. The lowest BCUT2D eigenvalue weighted by molar-refractivity contribution is 0.202. The second kappa shape index (κ2) is 6.78. The number of halogens is 1. The molecule has 106 valence electrons. The molecule has 0 amide bonds. The summed E-state index contributed by atoms with van der Waals surface area (Å²) in [6.07, 6.45) is 1.84. The molecule has 2 nitrogen and oxygen atoms in total. The highest BCUT2D eigenvalue weighted by Gasteiger charge is 2.30. The molecule has 20 heavy (non-hydrogen) atoms. The van der Waals surface area contributed by atoms with Crippen LogP contribution in [0.3, 0.4) is 0 Å². The quantitative estimate of drug-likeness (QED) is 0.824. The van der Waals surface area contributed by atoms with Crippen molar-refractivity contribution >= 4 is 17.3 Å². The fourth-order valence-corrected chi connectivity index (χ4v) is 2.61. The topological polar surface area (TPSA) is 32.3 Å². The number of aliphatic hydroxyl groups is 1. The minimum absolute atomic E-state index is 0.0491. The van der Waals surface area contributed by atoms with Crippen LogP contribution in [-0.2, 0) is 5.54 Å². The van der Waals surface area contributed by atoms with Gasteiger partial charge in [-0.15, -0.1) is 0 Å². The summed E-state index contributed by atoms with van der Waals surface area (Å²) in [6.45, 7) is 2.17. The number of aliphatic hydroxyl groups excluding tert-OH is 1. The zero-order chi connectivity index (χ0) is 14.4. The van der Waals surface area contributed by atoms with Crippen molar-refractivity contribution in [2.24, 2.45) is 0 Å². The maximum atomic E-state index is 9.99. The summed E-state index contributed by atoms with van der Waals surface area (Å²) in [5.74, 6) is 0. The van der Waals surface area contributed by atoms with Gasteiger partial charge in [-0.05, 0) is 36.2 Å². The fourth-order valence-electron chi connectivity index (χ4n) is 2.48. The van der Waals surface area contributed by atoms with Crippen LogP contribution in [0.4, 0.5) is 5.69 Å². The van der Waals surface area contributed by atoms with Gasteiger partial charge in [-0.25, -0.2) is 0 Å². The molecule has 2 aromatic rings. The largest absolute Gasteiger partial charge is 0.394 e. The molecule has 2 aromatic carbocycles. The van der Waals surface area contributed by atoms with Gasteiger partial charge < -0.3 is 10.4 Å². The molecule has 0 saturated carbocycles. The lowest BCUT2D eigenvalue weighted by atomic mass is 9.86. The first-order valence-corrected chi connectivity index (χ1v) is 7.28. The molecule has 0 radical (unpaired) electrons. The van der Waals surface area contributed by atoms with Crippen LogP contribution in [0.15, 0.2) is 54.6 Å². The van der Waals surface area contributed by atoms with Crippen LogP contribution < -0.4 is 5.32 Å². The molecular weight excluding hydrogens is 270 g/mol. The van der Waals surface area contributed by atoms with Gasteiger partial charge in [0.2, 0.25) is 0 Å². The molecule has 0 aliphatic rings. The molecule has 0 spiro atoms. The van der Waals surface area contributed by atoms with Crippen molar-refractivity contribution in [2.45, 2.75) is 25.3 Å². The van der Waals surface area contributed by atoms with Crippen molar-refractivity contribution < 1.29 is 5.11 Å². The van der Waals surface area contributed by atoms with E-state index in [-0.39, 0.29) is 6.61 Å². The molecule has 1 unspecified atom stereocenters. The van der Waals surface area contributed by atoms with Crippen molar-refractivity contribution in [1.29, 1.82) is 0 Å². The molecule has 2 rings (SSSR count). The van der Waals surface area contributed by atoms with E-state index in [1.54, 1.807) is 0 Å². The standard InChI is InChI=1S/C17H20ClNO/c1-2-12-17(13-20,14-6-4-3-5-7-14)19-16-10-8-15(18)9-11-16/h3-11,19-20H,2,12-13H2,1H3. The molecule has 0 heterocycles. The van der Waals surface area contributed by atoms with Crippen LogP contribution in [0.5, 0.6) is 0 Å². The molecule has 0 aliphatic carbocycles. The Kier molecular flexibility index (Phi) is 5.05. The minimum Gasteiger partial charge on any atom is -0.394 e. The van der Waals surface area contributed by atoms with Crippen molar-refractivity contribution in [3.63, 3.8) is 0 Å². The third kappa shape index (κ3) is 3.33. The van der Waals surface area contributed by atoms with Gasteiger partial charge in [0.1, 0.15) is 0 Å². The smallest absolute Gasteiger partial charge is 0.0856 e. The van der Waals surface area contributed by atoms with E-state index in [1.807, 2.05) is 42.5 Å². The van der Waals surface area contributed by atoms with Gasteiger partial charge in [0.15, 0.2) is 0 Å². The SMILES string of the molecule is CCCC(CO)(Nc1ccc(Cl)cc1)c1ccccc1. The summed E-state index contributed by atoms with van der Waals surface area (Å²) in [4.78, 5) is 0. The maximum absolute atomic E-state index is 9.99. The molecule has 3 heteroatoms. The Morgan fingerprint density at radius 1 is 1.05 bits per heavy atom. The van der Waals surface area contributed by atoms with E-state index < -0.39 is 5.54 Å². The van der Waals surface area contributed by atoms with E-state index in [0.29, 0.717) is 5.02 Å². The van der Waals surface area contributed by atoms with Crippen LogP contribution >= 0.6 is 11.6 Å². The van der Waals surface area contributed by atoms with E-state index in [2.05, 4.69) is 24.4 Å². The van der Waals surface area contributed by atoms with E-state index in [9.17, 15) is 5.11 Å². The monoisotopic (exact) mass is 289 g/mol. The molecule has 0 fully saturated rings. The predicted octanol–water partition coefficient (Wildman–Crippen LogP) is 4.44. The van der Waals surface area contributed by atoms with Crippen molar-refractivity contribution in [3.8, 4) is 0 Å². The Bertz CT molecular complexity index is 526. The van der Waals surface area contributed by atoms with E-state index in [4.69, 9.17) is 11.6 Å². The van der Waals surface area contributed by atoms with Gasteiger partial charge in [0.25, 0.3) is 0 Å². The van der Waals surface area contributed by atoms with Gasteiger partial charge in [-0.2, -0.15) is 0 Å². The number of nitrogens with one attached hydrogen (secondary N) is 1. The van der Waals surface area contributed by atoms with Gasteiger partial charge in [0, 0.05) is 10.7 Å². The second-order valence-electron chi connectivity index (χ2n) is 4.99. The van der Waals surface area contributed by atoms with Crippen molar-refractivity contribution in [3.05, 3.63) is 65.2 Å². The second-order valence-corrected chi connectivity index (χ2v) is 5.42. The number of benzene rings is 2. The summed E-state index contributed by atoms with van der Waals surface area (Å²) in [5, 5.41) is 14.2. The zero-order valence-corrected chi connectivity index (χ0v) is 12.4. The highest BCUT2D eigenvalue weighted by molar-refractivity contribution is 6.30. The number of anilines is 1. The molecule has 0 aromatic heterocycles. The predicted molar refractivity (Wildman–Crippen MR) is 85.2 cm³/mol. The molecule has 2 N–H and O–H groups in total. The molecule has 0 bridgehead atoms. The van der Waals surface area contributed by atoms with E-state index >= 15 is 0 Å². The van der Waals surface area contributed by atoms with Gasteiger partial charge in [-0.3, -0.25) is 0 Å². The Morgan fingerprint density at radius 3 is 2.25 bits per heavy atom. The fraction of sp³-hybridized carbons (Fsp3) is 0.294. The normalized spacial score (nSPS) is 13.8. The summed E-state index contributed by atoms with van der Waals surface area (Å²) >= 11 is 5.92. The van der Waals surface area contributed by atoms with Crippen LogP contribution in [0.25, 0.3) is 0 Å². The number of hydrogen-bond acceptors (Lipinski definition) is 2. The summed E-state index contributed by atoms with van der Waals surface area (Å²) < 4.78 is 0. The highest BCUT2D eigenvalue weighted by Crippen LogP contribution is 2.31. The Balaban J connectivity index is 2.34. The van der Waals surface area contributed by atoms with Gasteiger partial charge in [-0.1, -0.05) is 55.3 Å². The van der Waals surface area contributed by atoms with Crippen LogP contribution in [0.1, 0.15) is 25.3 Å². The first kappa shape index (κ1) is 14.9. The first-order chi connectivity index (χ1) is 9.70. The van der Waals surface area contributed by atoms with Crippen LogP contribution in [-0.4, -0.2) is 11.7 Å². The maximum Gasteiger partial charge on any atom is 0.0856 e. The van der Waals surface area contributed by atoms with Crippen LogP contribution in [0.2, 0.25) is 5.02 Å². The minimum atomic E-state index is -0.455. The molecule has 0 aliphatic heterocycles. The van der Waals surface area contributed by atoms with E-state index in [0.717, 1.165) is 24.1 Å². The number of hydrogen-bond donors (Lipinski definition) is 2. The van der Waals surface area contributed by atoms with Crippen LogP contribution in [0, 0.1) is 0 Å². The Labute approximate surface area is 125 Å². The summed E-state index contributed by atoms with van der Waals surface area (Å²) in [7, 11) is 0. The molecular formula is C17H20ClNO. The molecule has 1 atom stereocenters. The first-order valence-electron chi connectivity index (χ1n) is 6.90. The Morgan fingerprint density at radius 2 is 1.70 bits per heavy atom. The number of rotatable bonds is 6. The lowest BCUT2D eigenvalue weighted by Crippen LogP contribution is -2.39. The average Bonchev–Trinajstić information content (AvgIpc) is 2.50. The average molecular weight is 290 g/mol. The zero-order valence-electron chi connectivity index (χ0n) is 11.6. The van der Waals surface area contributed by atoms with Gasteiger partial charge in [0.05, 0.1) is 12.1 Å². The summed E-state index contributed by atoms with van der Waals surface area (Å²) in [5.41, 5.74) is 1.60.